The minimum Gasteiger partial charge on any atom is -0.371 e. The van der Waals surface area contributed by atoms with Crippen molar-refractivity contribution in [3.8, 4) is 0 Å². The van der Waals surface area contributed by atoms with E-state index in [4.69, 9.17) is 0 Å². The molecule has 0 radical (unpaired) electrons. The molecule has 2 N–H and O–H groups in total. The SMILES string of the molecule is Cc1ccc(C)c(CS(=O)(=O)CC2Nc3ccc(C(=O)N4CCN(c5cccc(C(F)(F)F)c5)CC4)cc3NC2=O)c1. The maximum atomic E-state index is 13.2. The molecule has 1 fully saturated rings. The fourth-order valence-corrected chi connectivity index (χ4v) is 6.88. The van der Waals surface area contributed by atoms with Gasteiger partial charge in [0, 0.05) is 37.4 Å². The van der Waals surface area contributed by atoms with Gasteiger partial charge in [0.05, 0.1) is 28.4 Å². The highest BCUT2D eigenvalue weighted by atomic mass is 32.2. The lowest BCUT2D eigenvalue weighted by molar-refractivity contribution is -0.137. The van der Waals surface area contributed by atoms with Crippen LogP contribution in [0, 0.1) is 13.8 Å². The summed E-state index contributed by atoms with van der Waals surface area (Å²) >= 11 is 0. The van der Waals surface area contributed by atoms with Crippen LogP contribution in [0.5, 0.6) is 0 Å². The van der Waals surface area contributed by atoms with Crippen molar-refractivity contribution in [2.75, 3.05) is 47.5 Å². The highest BCUT2D eigenvalue weighted by Gasteiger charge is 2.33. The van der Waals surface area contributed by atoms with Gasteiger partial charge >= 0.3 is 6.18 Å². The number of nitrogens with zero attached hydrogens (tertiary/aromatic N) is 2. The van der Waals surface area contributed by atoms with Gasteiger partial charge in [-0.05, 0) is 61.4 Å². The molecule has 42 heavy (non-hydrogen) atoms. The Morgan fingerprint density at radius 2 is 1.69 bits per heavy atom. The number of carbonyl (C=O) groups excluding carboxylic acids is 2. The second-order valence-corrected chi connectivity index (χ2v) is 12.9. The number of carbonyl (C=O) groups is 2. The summed E-state index contributed by atoms with van der Waals surface area (Å²) in [4.78, 5) is 29.5. The summed E-state index contributed by atoms with van der Waals surface area (Å²) in [7, 11) is -3.62. The zero-order valence-electron chi connectivity index (χ0n) is 23.2. The Bertz CT molecular complexity index is 1630. The molecule has 2 aliphatic rings. The van der Waals surface area contributed by atoms with Crippen LogP contribution in [0.25, 0.3) is 0 Å². The molecule has 1 unspecified atom stereocenters. The van der Waals surface area contributed by atoms with Crippen LogP contribution in [0.1, 0.15) is 32.6 Å². The summed E-state index contributed by atoms with van der Waals surface area (Å²) < 4.78 is 65.2. The molecule has 0 spiro atoms. The van der Waals surface area contributed by atoms with E-state index in [9.17, 15) is 31.2 Å². The first kappa shape index (κ1) is 29.4. The number of hydrogen-bond donors (Lipinski definition) is 2. The van der Waals surface area contributed by atoms with Gasteiger partial charge in [-0.25, -0.2) is 8.42 Å². The smallest absolute Gasteiger partial charge is 0.371 e. The minimum atomic E-state index is -4.43. The normalized spacial score (nSPS) is 17.4. The first-order valence-electron chi connectivity index (χ1n) is 13.5. The summed E-state index contributed by atoms with van der Waals surface area (Å²) in [5.74, 6) is -1.34. The molecule has 1 saturated heterocycles. The first-order valence-corrected chi connectivity index (χ1v) is 15.3. The van der Waals surface area contributed by atoms with Gasteiger partial charge in [-0.2, -0.15) is 13.2 Å². The van der Waals surface area contributed by atoms with Crippen LogP contribution in [0.15, 0.2) is 60.7 Å². The molecule has 0 saturated carbocycles. The number of sulfone groups is 1. The van der Waals surface area contributed by atoms with Crippen LogP contribution in [0.3, 0.4) is 0 Å². The Labute approximate surface area is 242 Å². The molecule has 2 heterocycles. The highest BCUT2D eigenvalue weighted by molar-refractivity contribution is 7.90. The number of aryl methyl sites for hydroxylation is 2. The molecule has 5 rings (SSSR count). The average Bonchev–Trinajstić information content (AvgIpc) is 2.94. The molecular formula is C30H31F3N4O4S. The molecule has 2 aliphatic heterocycles. The number of benzene rings is 3. The zero-order valence-corrected chi connectivity index (χ0v) is 24.0. The lowest BCUT2D eigenvalue weighted by Gasteiger charge is -2.36. The van der Waals surface area contributed by atoms with Crippen LogP contribution < -0.4 is 15.5 Å². The van der Waals surface area contributed by atoms with Gasteiger partial charge in [0.2, 0.25) is 5.91 Å². The number of piperazine rings is 1. The number of nitrogens with one attached hydrogen (secondary N) is 2. The molecule has 0 bridgehead atoms. The van der Waals surface area contributed by atoms with Gasteiger partial charge in [-0.15, -0.1) is 0 Å². The van der Waals surface area contributed by atoms with Gasteiger partial charge in [0.15, 0.2) is 9.84 Å². The molecule has 2 amide bonds. The van der Waals surface area contributed by atoms with Crippen molar-refractivity contribution in [1.82, 2.24) is 4.90 Å². The molecule has 12 heteroatoms. The average molecular weight is 601 g/mol. The first-order chi connectivity index (χ1) is 19.8. The van der Waals surface area contributed by atoms with E-state index < -0.39 is 33.5 Å². The Kier molecular flexibility index (Phi) is 7.93. The van der Waals surface area contributed by atoms with Crippen LogP contribution in [-0.2, 0) is 26.6 Å². The van der Waals surface area contributed by atoms with Crippen molar-refractivity contribution < 1.29 is 31.2 Å². The van der Waals surface area contributed by atoms with Crippen molar-refractivity contribution in [1.29, 1.82) is 0 Å². The second kappa shape index (κ2) is 11.3. The van der Waals surface area contributed by atoms with Crippen molar-refractivity contribution in [3.63, 3.8) is 0 Å². The number of hydrogen-bond acceptors (Lipinski definition) is 6. The van der Waals surface area contributed by atoms with Crippen LogP contribution in [0.2, 0.25) is 0 Å². The van der Waals surface area contributed by atoms with Gasteiger partial charge in [0.1, 0.15) is 6.04 Å². The summed E-state index contributed by atoms with van der Waals surface area (Å²) in [6.45, 7) is 5.11. The molecule has 3 aromatic rings. The van der Waals surface area contributed by atoms with E-state index >= 15 is 0 Å². The topological polar surface area (TPSA) is 98.8 Å². The molecule has 3 aromatic carbocycles. The summed E-state index contributed by atoms with van der Waals surface area (Å²) in [5.41, 5.74) is 3.47. The van der Waals surface area contributed by atoms with Gasteiger partial charge in [0.25, 0.3) is 5.91 Å². The zero-order chi connectivity index (χ0) is 30.2. The Morgan fingerprint density at radius 3 is 2.40 bits per heavy atom. The predicted molar refractivity (Wildman–Crippen MR) is 155 cm³/mol. The lowest BCUT2D eigenvalue weighted by Crippen LogP contribution is -2.49. The molecule has 8 nitrogen and oxygen atoms in total. The van der Waals surface area contributed by atoms with Gasteiger partial charge < -0.3 is 20.4 Å². The van der Waals surface area contributed by atoms with E-state index in [-0.39, 0.29) is 17.4 Å². The molecule has 0 aliphatic carbocycles. The van der Waals surface area contributed by atoms with E-state index in [1.165, 1.54) is 6.07 Å². The number of alkyl halides is 3. The van der Waals surface area contributed by atoms with Crippen molar-refractivity contribution in [2.24, 2.45) is 0 Å². The molecular weight excluding hydrogens is 569 g/mol. The van der Waals surface area contributed by atoms with E-state index in [1.807, 2.05) is 36.9 Å². The third-order valence-corrected chi connectivity index (χ3v) is 9.17. The quantitative estimate of drug-likeness (QED) is 0.428. The molecule has 1 atom stereocenters. The Morgan fingerprint density at radius 1 is 0.952 bits per heavy atom. The van der Waals surface area contributed by atoms with E-state index in [1.54, 1.807) is 29.2 Å². The van der Waals surface area contributed by atoms with E-state index in [2.05, 4.69) is 10.6 Å². The van der Waals surface area contributed by atoms with Gasteiger partial charge in [-0.3, -0.25) is 9.59 Å². The number of amides is 2. The van der Waals surface area contributed by atoms with Gasteiger partial charge in [-0.1, -0.05) is 29.8 Å². The third-order valence-electron chi connectivity index (χ3n) is 7.58. The predicted octanol–water partition coefficient (Wildman–Crippen LogP) is 4.63. The largest absolute Gasteiger partial charge is 0.416 e. The minimum absolute atomic E-state index is 0.173. The maximum Gasteiger partial charge on any atom is 0.416 e. The molecule has 0 aromatic heterocycles. The van der Waals surface area contributed by atoms with Crippen LogP contribution in [-0.4, -0.2) is 63.1 Å². The maximum absolute atomic E-state index is 13.2. The fraction of sp³-hybridized carbons (Fsp3) is 0.333. The third kappa shape index (κ3) is 6.53. The van der Waals surface area contributed by atoms with Crippen molar-refractivity contribution in [3.05, 3.63) is 88.5 Å². The summed E-state index contributed by atoms with van der Waals surface area (Å²) in [5, 5.41) is 5.72. The fourth-order valence-electron chi connectivity index (χ4n) is 5.23. The van der Waals surface area contributed by atoms with E-state index in [0.29, 0.717) is 54.4 Å². The highest BCUT2D eigenvalue weighted by Crippen LogP contribution is 2.32. The van der Waals surface area contributed by atoms with Crippen molar-refractivity contribution in [2.45, 2.75) is 31.8 Å². The van der Waals surface area contributed by atoms with E-state index in [0.717, 1.165) is 23.3 Å². The number of anilines is 3. The number of halogens is 3. The summed E-state index contributed by atoms with van der Waals surface area (Å²) in [6, 6.07) is 14.5. The Hall–Kier alpha value is -4.06. The lowest BCUT2D eigenvalue weighted by atomic mass is 10.1. The van der Waals surface area contributed by atoms with Crippen LogP contribution >= 0.6 is 0 Å². The Balaban J connectivity index is 1.21. The number of rotatable bonds is 6. The monoisotopic (exact) mass is 600 g/mol. The standard InChI is InChI=1S/C30H31F3N4O4S/c1-19-6-7-20(2)22(14-19)17-42(40,41)18-27-28(38)35-26-15-21(8-9-25(26)34-27)29(39)37-12-10-36(11-13-37)24-5-3-4-23(16-24)30(31,32)33/h3-9,14-16,27,34H,10-13,17-18H2,1-2H3,(H,35,38). The molecule has 222 valence electrons. The van der Waals surface area contributed by atoms with Crippen LogP contribution in [0.4, 0.5) is 30.2 Å². The summed E-state index contributed by atoms with van der Waals surface area (Å²) in [6.07, 6.45) is -4.43. The number of fused-ring (bicyclic) bond motifs is 1. The second-order valence-electron chi connectivity index (χ2n) is 10.8. The van der Waals surface area contributed by atoms with Crippen molar-refractivity contribution >= 4 is 38.7 Å².